The number of aromatic hydroxyl groups is 1. The van der Waals surface area contributed by atoms with Crippen LogP contribution in [0.15, 0.2) is 37.4 Å². The molecule has 0 bridgehead atoms. The second-order valence-corrected chi connectivity index (χ2v) is 10.6. The van der Waals surface area contributed by atoms with Crippen LogP contribution in [0.4, 0.5) is 30.2 Å². The van der Waals surface area contributed by atoms with Crippen LogP contribution in [-0.4, -0.2) is 44.9 Å². The molecule has 0 fully saturated rings. The van der Waals surface area contributed by atoms with Crippen LogP contribution in [0.3, 0.4) is 0 Å². The number of sulfonamides is 1. The number of benzene rings is 1. The fraction of sp³-hybridized carbons (Fsp3) is 0.263. The molecular weight excluding hydrogens is 503 g/mol. The van der Waals surface area contributed by atoms with Gasteiger partial charge in [0, 0.05) is 19.5 Å². The zero-order chi connectivity index (χ0) is 25.0. The summed E-state index contributed by atoms with van der Waals surface area (Å²) >= 11 is 0.631. The second-order valence-electron chi connectivity index (χ2n) is 7.34. The maximum Gasteiger partial charge on any atom is 0.412 e. The molecular formula is C19H16F3N3O7S2. The number of hydrogen-bond donors (Lipinski definition) is 3. The quantitative estimate of drug-likeness (QED) is 0.403. The first-order chi connectivity index (χ1) is 15.8. The van der Waals surface area contributed by atoms with Crippen LogP contribution in [0.5, 0.6) is 17.2 Å². The number of halogens is 3. The van der Waals surface area contributed by atoms with Gasteiger partial charge in [-0.1, -0.05) is 6.07 Å². The molecule has 34 heavy (non-hydrogen) atoms. The molecule has 1 unspecified atom stereocenters. The Bertz CT molecular complexity index is 1440. The van der Waals surface area contributed by atoms with Crippen LogP contribution in [0.2, 0.25) is 0 Å². The summed E-state index contributed by atoms with van der Waals surface area (Å²) < 4.78 is 76.7. The zero-order valence-electron chi connectivity index (χ0n) is 17.4. The van der Waals surface area contributed by atoms with Crippen molar-refractivity contribution < 1.29 is 36.2 Å². The molecule has 1 aliphatic heterocycles. The van der Waals surface area contributed by atoms with Crippen molar-refractivity contribution in [3.63, 3.8) is 0 Å². The molecule has 2 aromatic carbocycles. The molecule has 2 heterocycles. The molecule has 10 nitrogen and oxygen atoms in total. The number of thiophene rings is 1. The summed E-state index contributed by atoms with van der Waals surface area (Å²) in [5.74, 6) is -0.381. The minimum absolute atomic E-state index is 0.0923. The van der Waals surface area contributed by atoms with Crippen molar-refractivity contribution >= 4 is 38.4 Å². The van der Waals surface area contributed by atoms with Gasteiger partial charge in [0.25, 0.3) is 20.9 Å². The van der Waals surface area contributed by atoms with Gasteiger partial charge in [-0.15, -0.1) is 11.3 Å². The Morgan fingerprint density at radius 3 is 2.41 bits per heavy atom. The van der Waals surface area contributed by atoms with Crippen molar-refractivity contribution in [1.82, 2.24) is 4.31 Å². The van der Waals surface area contributed by atoms with Crippen molar-refractivity contribution in [3.05, 3.63) is 49.6 Å². The van der Waals surface area contributed by atoms with Gasteiger partial charge in [0.1, 0.15) is 17.4 Å². The van der Waals surface area contributed by atoms with Gasteiger partial charge in [0.05, 0.1) is 5.69 Å². The topological polar surface area (TPSA) is 134 Å². The molecule has 0 saturated heterocycles. The summed E-state index contributed by atoms with van der Waals surface area (Å²) in [4.78, 5) is 24.2. The lowest BCUT2D eigenvalue weighted by atomic mass is 10.0. The molecule has 0 aliphatic carbocycles. The molecule has 0 spiro atoms. The molecule has 182 valence electrons. The van der Waals surface area contributed by atoms with Crippen molar-refractivity contribution in [2.24, 2.45) is 0 Å². The van der Waals surface area contributed by atoms with Gasteiger partial charge in [0.15, 0.2) is 21.5 Å². The first-order valence-electron chi connectivity index (χ1n) is 9.38. The number of rotatable bonds is 7. The van der Waals surface area contributed by atoms with Gasteiger partial charge in [-0.25, -0.2) is 12.7 Å². The molecule has 4 rings (SSSR count). The lowest BCUT2D eigenvalue weighted by molar-refractivity contribution is -0.144. The van der Waals surface area contributed by atoms with E-state index in [2.05, 4.69) is 5.32 Å². The van der Waals surface area contributed by atoms with Crippen molar-refractivity contribution in [2.75, 3.05) is 31.5 Å². The third kappa shape index (κ3) is 3.95. The van der Waals surface area contributed by atoms with Crippen molar-refractivity contribution in [1.29, 1.82) is 0 Å². The Morgan fingerprint density at radius 1 is 1.12 bits per heavy atom. The Labute approximate surface area is 193 Å². The van der Waals surface area contributed by atoms with Gasteiger partial charge in [0.2, 0.25) is 6.79 Å². The molecule has 3 aromatic rings. The fourth-order valence-electron chi connectivity index (χ4n) is 3.15. The highest BCUT2D eigenvalue weighted by molar-refractivity contribution is 7.91. The highest BCUT2D eigenvalue weighted by Gasteiger charge is 2.43. The Balaban J connectivity index is 1.67. The number of fused-ring (bicyclic) bond motifs is 1. The number of anilines is 3. The lowest BCUT2D eigenvalue weighted by Gasteiger charge is -2.25. The zero-order valence-corrected chi connectivity index (χ0v) is 19.0. The third-order valence-corrected chi connectivity index (χ3v) is 8.27. The standard InChI is InChI=1S/C19H16F3N3O7S2/c1-25(2)34(29,30)18-14(26)9(6-33-18)23-12-13(16(28)15(12)27)24-17(19(20,21)22)8-3-4-10-11(5-8)32-7-31-10/h3-6,17,23-24,26H,7H2,1-2H3. The van der Waals surface area contributed by atoms with Crippen molar-refractivity contribution in [2.45, 2.75) is 16.4 Å². The van der Waals surface area contributed by atoms with Gasteiger partial charge in [-0.2, -0.15) is 13.2 Å². The minimum Gasteiger partial charge on any atom is -0.504 e. The third-order valence-electron chi connectivity index (χ3n) is 4.96. The summed E-state index contributed by atoms with van der Waals surface area (Å²) in [5, 5.41) is 15.9. The first-order valence-corrected chi connectivity index (χ1v) is 11.7. The summed E-state index contributed by atoms with van der Waals surface area (Å²) in [6, 6.07) is 1.15. The first kappa shape index (κ1) is 23.8. The number of ether oxygens (including phenoxy) is 2. The van der Waals surface area contributed by atoms with E-state index in [0.717, 1.165) is 21.8 Å². The summed E-state index contributed by atoms with van der Waals surface area (Å²) in [6.45, 7) is -0.148. The van der Waals surface area contributed by atoms with E-state index in [1.165, 1.54) is 20.2 Å². The maximum absolute atomic E-state index is 13.8. The smallest absolute Gasteiger partial charge is 0.412 e. The van der Waals surface area contributed by atoms with Gasteiger partial charge < -0.3 is 25.2 Å². The second kappa shape index (κ2) is 8.18. The van der Waals surface area contributed by atoms with E-state index in [-0.39, 0.29) is 29.5 Å². The molecule has 1 aliphatic rings. The predicted molar refractivity (Wildman–Crippen MR) is 116 cm³/mol. The molecule has 15 heteroatoms. The SMILES string of the molecule is CN(C)S(=O)(=O)c1scc(Nc2c(NC(c3ccc4c(c3)OCO4)C(F)(F)F)c(=O)c2=O)c1O. The Morgan fingerprint density at radius 2 is 1.76 bits per heavy atom. The van der Waals surface area contributed by atoms with Crippen LogP contribution in [0.1, 0.15) is 11.6 Å². The highest BCUT2D eigenvalue weighted by Crippen LogP contribution is 2.43. The van der Waals surface area contributed by atoms with Crippen LogP contribution in [-0.2, 0) is 10.0 Å². The van der Waals surface area contributed by atoms with Gasteiger partial charge in [-0.3, -0.25) is 9.59 Å². The largest absolute Gasteiger partial charge is 0.504 e. The van der Waals surface area contributed by atoms with E-state index in [1.54, 1.807) is 0 Å². The summed E-state index contributed by atoms with van der Waals surface area (Å²) in [7, 11) is -1.53. The fourth-order valence-corrected chi connectivity index (χ4v) is 5.53. The molecule has 1 aromatic heterocycles. The number of hydrogen-bond acceptors (Lipinski definition) is 10. The van der Waals surface area contributed by atoms with E-state index >= 15 is 0 Å². The van der Waals surface area contributed by atoms with Gasteiger partial charge in [-0.05, 0) is 17.7 Å². The normalized spacial score (nSPS) is 14.5. The molecule has 1 atom stereocenters. The van der Waals surface area contributed by atoms with Crippen molar-refractivity contribution in [3.8, 4) is 17.2 Å². The Kier molecular flexibility index (Phi) is 5.73. The minimum atomic E-state index is -4.87. The van der Waals surface area contributed by atoms with E-state index in [0.29, 0.717) is 11.3 Å². The average molecular weight is 519 g/mol. The maximum atomic E-state index is 13.8. The van der Waals surface area contributed by atoms with E-state index < -0.39 is 54.4 Å². The predicted octanol–water partition coefficient (Wildman–Crippen LogP) is 2.49. The number of nitrogens with zero attached hydrogens (tertiary/aromatic N) is 1. The van der Waals surface area contributed by atoms with Crippen LogP contribution in [0, 0.1) is 0 Å². The molecule has 0 radical (unpaired) electrons. The van der Waals surface area contributed by atoms with E-state index in [9.17, 15) is 36.3 Å². The average Bonchev–Trinajstić information content (AvgIpc) is 3.37. The van der Waals surface area contributed by atoms with Gasteiger partial charge >= 0.3 is 6.18 Å². The summed E-state index contributed by atoms with van der Waals surface area (Å²) in [5.41, 5.74) is -4.08. The molecule has 0 amide bonds. The number of alkyl halides is 3. The number of nitrogens with one attached hydrogen (secondary N) is 2. The highest BCUT2D eigenvalue weighted by atomic mass is 32.2. The molecule has 0 saturated carbocycles. The lowest BCUT2D eigenvalue weighted by Crippen LogP contribution is -2.40. The molecule has 3 N–H and O–H groups in total. The van der Waals surface area contributed by atoms with E-state index in [1.807, 2.05) is 5.32 Å². The monoisotopic (exact) mass is 519 g/mol. The van der Waals surface area contributed by atoms with Crippen LogP contribution < -0.4 is 31.0 Å². The summed E-state index contributed by atoms with van der Waals surface area (Å²) in [6.07, 6.45) is -4.87. The Hall–Kier alpha value is -3.30. The van der Waals surface area contributed by atoms with Crippen LogP contribution >= 0.6 is 11.3 Å². The van der Waals surface area contributed by atoms with Crippen LogP contribution in [0.25, 0.3) is 0 Å². The van der Waals surface area contributed by atoms with E-state index in [4.69, 9.17) is 9.47 Å².